The molecule has 6 heteroatoms. The largest absolute Gasteiger partial charge is 0.488 e. The van der Waals surface area contributed by atoms with Crippen molar-refractivity contribution >= 4 is 27.9 Å². The SMILES string of the molecule is COCC(CO)NC(=O)C1=Cc2cc(Br)ccc2OC1. The molecule has 1 aliphatic heterocycles. The summed E-state index contributed by atoms with van der Waals surface area (Å²) in [7, 11) is 1.52. The molecule has 0 bridgehead atoms. The van der Waals surface area contributed by atoms with Crippen LogP contribution in [-0.4, -0.2) is 44.0 Å². The molecular weight excluding hydrogens is 326 g/mol. The Labute approximate surface area is 125 Å². The number of fused-ring (bicyclic) bond motifs is 1. The number of hydrogen-bond acceptors (Lipinski definition) is 4. The molecule has 0 fully saturated rings. The number of aliphatic hydroxyl groups excluding tert-OH is 1. The highest BCUT2D eigenvalue weighted by Gasteiger charge is 2.19. The van der Waals surface area contributed by atoms with Gasteiger partial charge in [-0.05, 0) is 24.3 Å². The zero-order valence-corrected chi connectivity index (χ0v) is 12.6. The fraction of sp³-hybridized carbons (Fsp3) is 0.357. The minimum Gasteiger partial charge on any atom is -0.488 e. The number of carbonyl (C=O) groups is 1. The molecule has 0 radical (unpaired) electrons. The summed E-state index contributed by atoms with van der Waals surface area (Å²) >= 11 is 3.38. The van der Waals surface area contributed by atoms with E-state index in [1.165, 1.54) is 7.11 Å². The molecule has 1 heterocycles. The molecule has 0 saturated heterocycles. The Kier molecular flexibility index (Phi) is 5.17. The first-order chi connectivity index (χ1) is 9.63. The van der Waals surface area contributed by atoms with Crippen molar-refractivity contribution in [3.8, 4) is 5.75 Å². The second kappa shape index (κ2) is 6.88. The van der Waals surface area contributed by atoms with Gasteiger partial charge >= 0.3 is 0 Å². The highest BCUT2D eigenvalue weighted by molar-refractivity contribution is 9.10. The van der Waals surface area contributed by atoms with Gasteiger partial charge in [-0.3, -0.25) is 4.79 Å². The van der Waals surface area contributed by atoms with Crippen LogP contribution in [0.5, 0.6) is 5.75 Å². The second-order valence-corrected chi connectivity index (χ2v) is 5.36. The lowest BCUT2D eigenvalue weighted by molar-refractivity contribution is -0.119. The van der Waals surface area contributed by atoms with Gasteiger partial charge in [0.1, 0.15) is 12.4 Å². The number of halogens is 1. The van der Waals surface area contributed by atoms with Gasteiger partial charge in [0.25, 0.3) is 5.91 Å². The van der Waals surface area contributed by atoms with E-state index >= 15 is 0 Å². The number of ether oxygens (including phenoxy) is 2. The van der Waals surface area contributed by atoms with Gasteiger partial charge in [-0.25, -0.2) is 0 Å². The summed E-state index contributed by atoms with van der Waals surface area (Å²) in [6, 6.07) is 5.21. The lowest BCUT2D eigenvalue weighted by Gasteiger charge is -2.20. The monoisotopic (exact) mass is 341 g/mol. The Morgan fingerprint density at radius 2 is 2.40 bits per heavy atom. The molecule has 0 saturated carbocycles. The van der Waals surface area contributed by atoms with Crippen LogP contribution >= 0.6 is 15.9 Å². The standard InChI is InChI=1S/C14H16BrNO4/c1-19-8-12(6-17)16-14(18)10-4-9-5-11(15)2-3-13(9)20-7-10/h2-5,12,17H,6-8H2,1H3,(H,16,18). The molecule has 2 rings (SSSR count). The second-order valence-electron chi connectivity index (χ2n) is 4.45. The Morgan fingerprint density at radius 3 is 3.10 bits per heavy atom. The maximum atomic E-state index is 12.1. The van der Waals surface area contributed by atoms with Crippen molar-refractivity contribution in [2.24, 2.45) is 0 Å². The summed E-state index contributed by atoms with van der Waals surface area (Å²) in [5.74, 6) is 0.493. The number of benzene rings is 1. The Hall–Kier alpha value is -1.37. The van der Waals surface area contributed by atoms with Gasteiger partial charge in [-0.2, -0.15) is 0 Å². The number of aliphatic hydroxyl groups is 1. The third kappa shape index (κ3) is 3.59. The van der Waals surface area contributed by atoms with Gasteiger partial charge in [-0.1, -0.05) is 15.9 Å². The molecule has 5 nitrogen and oxygen atoms in total. The number of nitrogens with one attached hydrogen (secondary N) is 1. The zero-order valence-electron chi connectivity index (χ0n) is 11.1. The van der Waals surface area contributed by atoms with Gasteiger partial charge < -0.3 is 19.9 Å². The quantitative estimate of drug-likeness (QED) is 0.848. The van der Waals surface area contributed by atoms with Crippen molar-refractivity contribution in [2.45, 2.75) is 6.04 Å². The lowest BCUT2D eigenvalue weighted by atomic mass is 10.1. The van der Waals surface area contributed by atoms with Crippen LogP contribution in [0.3, 0.4) is 0 Å². The van der Waals surface area contributed by atoms with E-state index in [-0.39, 0.29) is 25.7 Å². The fourth-order valence-corrected chi connectivity index (χ4v) is 2.28. The van der Waals surface area contributed by atoms with Crippen molar-refractivity contribution in [1.29, 1.82) is 0 Å². The molecule has 1 unspecified atom stereocenters. The highest BCUT2D eigenvalue weighted by atomic mass is 79.9. The van der Waals surface area contributed by atoms with Crippen LogP contribution in [-0.2, 0) is 9.53 Å². The lowest BCUT2D eigenvalue weighted by Crippen LogP contribution is -2.42. The van der Waals surface area contributed by atoms with E-state index in [0.29, 0.717) is 5.57 Å². The molecule has 1 atom stereocenters. The maximum Gasteiger partial charge on any atom is 0.251 e. The zero-order chi connectivity index (χ0) is 14.5. The summed E-state index contributed by atoms with van der Waals surface area (Å²) in [4.78, 5) is 12.1. The number of hydrogen-bond donors (Lipinski definition) is 2. The van der Waals surface area contributed by atoms with Crippen molar-refractivity contribution in [3.63, 3.8) is 0 Å². The van der Waals surface area contributed by atoms with Gasteiger partial charge in [0.05, 0.1) is 24.8 Å². The van der Waals surface area contributed by atoms with E-state index < -0.39 is 6.04 Å². The summed E-state index contributed by atoms with van der Waals surface area (Å²) in [6.45, 7) is 0.306. The van der Waals surface area contributed by atoms with Crippen molar-refractivity contribution in [3.05, 3.63) is 33.8 Å². The molecule has 1 aliphatic rings. The first-order valence-electron chi connectivity index (χ1n) is 6.17. The topological polar surface area (TPSA) is 67.8 Å². The van der Waals surface area contributed by atoms with E-state index in [1.807, 2.05) is 18.2 Å². The first kappa shape index (κ1) is 15.0. The summed E-state index contributed by atoms with van der Waals surface area (Å²) in [5.41, 5.74) is 1.37. The molecule has 108 valence electrons. The van der Waals surface area contributed by atoms with Crippen LogP contribution in [0.1, 0.15) is 5.56 Å². The third-order valence-corrected chi connectivity index (χ3v) is 3.39. The van der Waals surface area contributed by atoms with Gasteiger partial charge in [0.15, 0.2) is 0 Å². The van der Waals surface area contributed by atoms with Crippen molar-refractivity contribution in [1.82, 2.24) is 5.32 Å². The van der Waals surface area contributed by atoms with E-state index in [4.69, 9.17) is 14.6 Å². The van der Waals surface area contributed by atoms with E-state index in [0.717, 1.165) is 15.8 Å². The highest BCUT2D eigenvalue weighted by Crippen LogP contribution is 2.29. The smallest absolute Gasteiger partial charge is 0.251 e. The molecule has 2 N–H and O–H groups in total. The molecule has 1 amide bonds. The normalized spacial score (nSPS) is 14.8. The number of amides is 1. The summed E-state index contributed by atoms with van der Waals surface area (Å²) in [5, 5.41) is 11.9. The fourth-order valence-electron chi connectivity index (χ4n) is 1.90. The molecule has 20 heavy (non-hydrogen) atoms. The average molecular weight is 342 g/mol. The predicted molar refractivity (Wildman–Crippen MR) is 78.5 cm³/mol. The van der Waals surface area contributed by atoms with Gasteiger partial charge in [-0.15, -0.1) is 0 Å². The molecule has 1 aromatic carbocycles. The predicted octanol–water partition coefficient (Wildman–Crippen LogP) is 1.35. The minimum absolute atomic E-state index is 0.171. The van der Waals surface area contributed by atoms with Crippen LogP contribution in [0.4, 0.5) is 0 Å². The van der Waals surface area contributed by atoms with Crippen molar-refractivity contribution < 1.29 is 19.4 Å². The first-order valence-corrected chi connectivity index (χ1v) is 6.97. The molecule has 0 aliphatic carbocycles. The van der Waals surface area contributed by atoms with Crippen LogP contribution in [0, 0.1) is 0 Å². The van der Waals surface area contributed by atoms with Crippen molar-refractivity contribution in [2.75, 3.05) is 26.9 Å². The average Bonchev–Trinajstić information content (AvgIpc) is 2.45. The number of carbonyl (C=O) groups excluding carboxylic acids is 1. The molecule has 0 aromatic heterocycles. The van der Waals surface area contributed by atoms with Crippen LogP contribution in [0.25, 0.3) is 6.08 Å². The Bertz CT molecular complexity index is 530. The van der Waals surface area contributed by atoms with Crippen LogP contribution in [0.2, 0.25) is 0 Å². The van der Waals surface area contributed by atoms with E-state index in [1.54, 1.807) is 6.08 Å². The van der Waals surface area contributed by atoms with Crippen LogP contribution < -0.4 is 10.1 Å². The number of rotatable bonds is 5. The maximum absolute atomic E-state index is 12.1. The van der Waals surface area contributed by atoms with Crippen LogP contribution in [0.15, 0.2) is 28.2 Å². The summed E-state index contributed by atoms with van der Waals surface area (Å²) < 4.78 is 11.4. The molecular formula is C14H16BrNO4. The molecule has 1 aromatic rings. The van der Waals surface area contributed by atoms with Gasteiger partial charge in [0, 0.05) is 17.1 Å². The Morgan fingerprint density at radius 1 is 1.60 bits per heavy atom. The third-order valence-electron chi connectivity index (χ3n) is 2.90. The number of methoxy groups -OCH3 is 1. The minimum atomic E-state index is -0.419. The summed E-state index contributed by atoms with van der Waals surface area (Å²) in [6.07, 6.45) is 1.79. The molecule has 0 spiro atoms. The Balaban J connectivity index is 2.11. The van der Waals surface area contributed by atoms with E-state index in [9.17, 15) is 4.79 Å². The van der Waals surface area contributed by atoms with E-state index in [2.05, 4.69) is 21.2 Å². The van der Waals surface area contributed by atoms with Gasteiger partial charge in [0.2, 0.25) is 0 Å².